The number of rotatable bonds is 5. The fraction of sp³-hybridized carbons (Fsp3) is 0.524. The molecule has 0 radical (unpaired) electrons. The summed E-state index contributed by atoms with van der Waals surface area (Å²) in [5.41, 5.74) is 2.82. The summed E-state index contributed by atoms with van der Waals surface area (Å²) in [7, 11) is 1.66. The van der Waals surface area contributed by atoms with Crippen molar-refractivity contribution in [3.05, 3.63) is 47.0 Å². The number of likely N-dealkylation sites (tertiary alicyclic amines) is 1. The first-order valence-electron chi connectivity index (χ1n) is 9.44. The normalized spacial score (nSPS) is 30.9. The van der Waals surface area contributed by atoms with Gasteiger partial charge in [0.2, 0.25) is 11.8 Å². The third-order valence-electron chi connectivity index (χ3n) is 6.22. The van der Waals surface area contributed by atoms with Crippen LogP contribution in [-0.2, 0) is 20.9 Å². The van der Waals surface area contributed by atoms with Gasteiger partial charge in [0.15, 0.2) is 0 Å². The quantitative estimate of drug-likeness (QED) is 0.786. The Kier molecular flexibility index (Phi) is 4.35. The molecule has 6 heteroatoms. The molecule has 2 bridgehead atoms. The van der Waals surface area contributed by atoms with Gasteiger partial charge in [-0.1, -0.05) is 30.4 Å². The molecule has 144 valence electrons. The van der Waals surface area contributed by atoms with E-state index in [1.165, 1.54) is 16.0 Å². The molecule has 2 saturated heterocycles. The van der Waals surface area contributed by atoms with E-state index in [1.807, 2.05) is 23.1 Å². The zero-order valence-electron chi connectivity index (χ0n) is 16.0. The van der Waals surface area contributed by atoms with Crippen LogP contribution in [0.5, 0.6) is 0 Å². The standard InChI is InChI=1S/C21H26N2O4/c1-13-4-5-15(10-14(13)2)11-23-12-21-7-6-16(27-21)17(18(21)20(23)26)19(25)22(3)8-9-24/h4-7,10,16-18,24H,8-9,11-12H2,1-3H3/t16-,17?,18?,21-/m1/s1. The number of ether oxygens (including phenoxy) is 1. The maximum atomic E-state index is 13.2. The van der Waals surface area contributed by atoms with Gasteiger partial charge in [0, 0.05) is 20.1 Å². The molecule has 6 nitrogen and oxygen atoms in total. The average Bonchev–Trinajstić information content (AvgIpc) is 3.26. The highest BCUT2D eigenvalue weighted by Gasteiger charge is 2.67. The lowest BCUT2D eigenvalue weighted by atomic mass is 9.76. The van der Waals surface area contributed by atoms with Gasteiger partial charge < -0.3 is 19.6 Å². The summed E-state index contributed by atoms with van der Waals surface area (Å²) in [6.45, 7) is 5.29. The van der Waals surface area contributed by atoms with Crippen molar-refractivity contribution in [2.75, 3.05) is 26.7 Å². The van der Waals surface area contributed by atoms with Gasteiger partial charge in [0.1, 0.15) is 5.60 Å². The lowest BCUT2D eigenvalue weighted by Crippen LogP contribution is -2.45. The molecule has 2 amide bonds. The number of aliphatic hydroxyl groups is 1. The number of amides is 2. The Morgan fingerprint density at radius 3 is 2.85 bits per heavy atom. The molecule has 3 heterocycles. The lowest BCUT2D eigenvalue weighted by molar-refractivity contribution is -0.142. The Morgan fingerprint density at radius 2 is 2.15 bits per heavy atom. The van der Waals surface area contributed by atoms with Gasteiger partial charge in [0.25, 0.3) is 0 Å². The smallest absolute Gasteiger partial charge is 0.230 e. The number of nitrogens with zero attached hydrogens (tertiary/aromatic N) is 2. The van der Waals surface area contributed by atoms with Crippen molar-refractivity contribution in [3.8, 4) is 0 Å². The molecule has 4 rings (SSSR count). The molecule has 0 aromatic heterocycles. The summed E-state index contributed by atoms with van der Waals surface area (Å²) in [4.78, 5) is 29.4. The van der Waals surface area contributed by atoms with Crippen molar-refractivity contribution in [1.82, 2.24) is 9.80 Å². The third-order valence-corrected chi connectivity index (χ3v) is 6.22. The number of aliphatic hydroxyl groups excluding tert-OH is 1. The monoisotopic (exact) mass is 370 g/mol. The maximum Gasteiger partial charge on any atom is 0.230 e. The molecule has 1 aromatic carbocycles. The number of hydrogen-bond donors (Lipinski definition) is 1. The molecule has 1 aromatic rings. The van der Waals surface area contributed by atoms with Crippen molar-refractivity contribution in [1.29, 1.82) is 0 Å². The Morgan fingerprint density at radius 1 is 1.37 bits per heavy atom. The Labute approximate surface area is 159 Å². The summed E-state index contributed by atoms with van der Waals surface area (Å²) in [6.07, 6.45) is 3.53. The molecular weight excluding hydrogens is 344 g/mol. The first-order chi connectivity index (χ1) is 12.9. The van der Waals surface area contributed by atoms with E-state index in [4.69, 9.17) is 9.84 Å². The van der Waals surface area contributed by atoms with E-state index in [-0.39, 0.29) is 31.1 Å². The second-order valence-corrected chi connectivity index (χ2v) is 8.00. The SMILES string of the molecule is Cc1ccc(CN2C[C@@]34C=C[C@@H](O3)C(C(=O)N(C)CCO)C4C2=O)cc1C. The molecular formula is C21H26N2O4. The number of benzene rings is 1. The first-order valence-corrected chi connectivity index (χ1v) is 9.44. The number of likely N-dealkylation sites (N-methyl/N-ethyl adjacent to an activating group) is 1. The number of carbonyl (C=O) groups excluding carboxylic acids is 2. The molecule has 27 heavy (non-hydrogen) atoms. The van der Waals surface area contributed by atoms with Crippen LogP contribution in [0.3, 0.4) is 0 Å². The Balaban J connectivity index is 1.57. The van der Waals surface area contributed by atoms with Gasteiger partial charge in [-0.2, -0.15) is 0 Å². The highest BCUT2D eigenvalue weighted by atomic mass is 16.5. The van der Waals surface area contributed by atoms with Crippen LogP contribution >= 0.6 is 0 Å². The molecule has 3 aliphatic heterocycles. The van der Waals surface area contributed by atoms with Crippen molar-refractivity contribution in [2.45, 2.75) is 32.1 Å². The Bertz CT molecular complexity index is 820. The van der Waals surface area contributed by atoms with Crippen molar-refractivity contribution in [2.24, 2.45) is 11.8 Å². The summed E-state index contributed by atoms with van der Waals surface area (Å²) < 4.78 is 6.14. The van der Waals surface area contributed by atoms with E-state index in [0.29, 0.717) is 13.1 Å². The second kappa shape index (κ2) is 6.46. The third kappa shape index (κ3) is 2.78. The zero-order chi connectivity index (χ0) is 19.3. The van der Waals surface area contributed by atoms with Gasteiger partial charge in [0.05, 0.1) is 31.1 Å². The molecule has 0 saturated carbocycles. The molecule has 2 fully saturated rings. The summed E-state index contributed by atoms with van der Waals surface area (Å²) >= 11 is 0. The fourth-order valence-electron chi connectivity index (χ4n) is 4.63. The van der Waals surface area contributed by atoms with Gasteiger partial charge >= 0.3 is 0 Å². The molecule has 1 spiro atoms. The second-order valence-electron chi connectivity index (χ2n) is 8.00. The van der Waals surface area contributed by atoms with E-state index in [2.05, 4.69) is 26.0 Å². The van der Waals surface area contributed by atoms with Gasteiger partial charge in [-0.15, -0.1) is 0 Å². The molecule has 2 unspecified atom stereocenters. The van der Waals surface area contributed by atoms with Crippen LogP contribution in [-0.4, -0.2) is 65.2 Å². The van der Waals surface area contributed by atoms with Gasteiger partial charge in [-0.25, -0.2) is 0 Å². The van der Waals surface area contributed by atoms with Crippen LogP contribution in [0.4, 0.5) is 0 Å². The fourth-order valence-corrected chi connectivity index (χ4v) is 4.63. The average molecular weight is 370 g/mol. The van der Waals surface area contributed by atoms with E-state index in [0.717, 1.165) is 5.56 Å². The topological polar surface area (TPSA) is 70.1 Å². The minimum Gasteiger partial charge on any atom is -0.395 e. The number of hydrogen-bond acceptors (Lipinski definition) is 4. The summed E-state index contributed by atoms with van der Waals surface area (Å²) in [5.74, 6) is -1.14. The predicted molar refractivity (Wildman–Crippen MR) is 99.8 cm³/mol. The minimum atomic E-state index is -0.693. The van der Waals surface area contributed by atoms with Crippen LogP contribution < -0.4 is 0 Å². The van der Waals surface area contributed by atoms with Crippen LogP contribution in [0.1, 0.15) is 16.7 Å². The van der Waals surface area contributed by atoms with Crippen LogP contribution in [0.2, 0.25) is 0 Å². The van der Waals surface area contributed by atoms with E-state index in [1.54, 1.807) is 7.05 Å². The Hall–Kier alpha value is -2.18. The number of aryl methyl sites for hydroxylation is 2. The first kappa shape index (κ1) is 18.2. The van der Waals surface area contributed by atoms with Crippen LogP contribution in [0, 0.1) is 25.7 Å². The van der Waals surface area contributed by atoms with E-state index >= 15 is 0 Å². The molecule has 0 aliphatic carbocycles. The number of carbonyl (C=O) groups is 2. The van der Waals surface area contributed by atoms with Crippen molar-refractivity contribution < 1.29 is 19.4 Å². The summed E-state index contributed by atoms with van der Waals surface area (Å²) in [6, 6.07) is 6.23. The van der Waals surface area contributed by atoms with Crippen LogP contribution in [0.25, 0.3) is 0 Å². The van der Waals surface area contributed by atoms with Crippen molar-refractivity contribution in [3.63, 3.8) is 0 Å². The maximum absolute atomic E-state index is 13.2. The highest BCUT2D eigenvalue weighted by molar-refractivity contribution is 5.93. The molecule has 1 N–H and O–H groups in total. The largest absolute Gasteiger partial charge is 0.395 e. The lowest BCUT2D eigenvalue weighted by Gasteiger charge is -2.27. The highest BCUT2D eigenvalue weighted by Crippen LogP contribution is 2.52. The number of fused-ring (bicyclic) bond motifs is 1. The van der Waals surface area contributed by atoms with E-state index in [9.17, 15) is 9.59 Å². The minimum absolute atomic E-state index is 0.0178. The van der Waals surface area contributed by atoms with Gasteiger partial charge in [-0.05, 0) is 30.5 Å². The van der Waals surface area contributed by atoms with Crippen LogP contribution in [0.15, 0.2) is 30.4 Å². The van der Waals surface area contributed by atoms with Gasteiger partial charge in [-0.3, -0.25) is 9.59 Å². The van der Waals surface area contributed by atoms with Crippen molar-refractivity contribution >= 4 is 11.8 Å². The zero-order valence-corrected chi connectivity index (χ0v) is 16.0. The summed E-state index contributed by atoms with van der Waals surface area (Å²) in [5, 5.41) is 9.13. The molecule has 3 aliphatic rings. The van der Waals surface area contributed by atoms with E-state index < -0.39 is 17.4 Å². The molecule has 4 atom stereocenters. The predicted octanol–water partition coefficient (Wildman–Crippen LogP) is 1.04.